The predicted octanol–water partition coefficient (Wildman–Crippen LogP) is 3.06. The molecule has 0 saturated carbocycles. The molecule has 0 aliphatic carbocycles. The molecule has 1 rings (SSSR count). The third-order valence-electron chi connectivity index (χ3n) is 2.65. The van der Waals surface area contributed by atoms with Crippen molar-refractivity contribution in [2.45, 2.75) is 39.4 Å². The molecule has 1 amide bonds. The lowest BCUT2D eigenvalue weighted by atomic mass is 10.2. The van der Waals surface area contributed by atoms with Gasteiger partial charge in [-0.3, -0.25) is 4.79 Å². The highest BCUT2D eigenvalue weighted by molar-refractivity contribution is 6.31. The van der Waals surface area contributed by atoms with Gasteiger partial charge in [0.25, 0.3) is 5.91 Å². The lowest BCUT2D eigenvalue weighted by Crippen LogP contribution is -2.30. The standard InChI is InChI=1S/C13H19ClN2O2/c1-4-8(2)18-9(3)13(17)16-12-6-5-10(14)7-11(12)15/h5-9H,4,15H2,1-3H3,(H,16,17). The average Bonchev–Trinajstić information content (AvgIpc) is 2.32. The third-order valence-corrected chi connectivity index (χ3v) is 2.89. The summed E-state index contributed by atoms with van der Waals surface area (Å²) in [5.74, 6) is -0.218. The van der Waals surface area contributed by atoms with Crippen LogP contribution in [0.25, 0.3) is 0 Å². The first-order valence-electron chi connectivity index (χ1n) is 5.95. The molecule has 100 valence electrons. The molecule has 2 atom stereocenters. The average molecular weight is 271 g/mol. The predicted molar refractivity (Wildman–Crippen MR) is 74.8 cm³/mol. The largest absolute Gasteiger partial charge is 0.397 e. The molecular weight excluding hydrogens is 252 g/mol. The van der Waals surface area contributed by atoms with E-state index < -0.39 is 6.10 Å². The van der Waals surface area contributed by atoms with Crippen molar-refractivity contribution in [3.8, 4) is 0 Å². The summed E-state index contributed by atoms with van der Waals surface area (Å²) < 4.78 is 5.52. The van der Waals surface area contributed by atoms with Crippen LogP contribution >= 0.6 is 11.6 Å². The summed E-state index contributed by atoms with van der Waals surface area (Å²) >= 11 is 5.79. The van der Waals surface area contributed by atoms with Crippen LogP contribution in [0.15, 0.2) is 18.2 Å². The Hall–Kier alpha value is -1.26. The van der Waals surface area contributed by atoms with Gasteiger partial charge in [0, 0.05) is 5.02 Å². The van der Waals surface area contributed by atoms with Gasteiger partial charge in [-0.2, -0.15) is 0 Å². The number of nitrogens with two attached hydrogens (primary N) is 1. The molecule has 18 heavy (non-hydrogen) atoms. The van der Waals surface area contributed by atoms with Crippen LogP contribution < -0.4 is 11.1 Å². The van der Waals surface area contributed by atoms with E-state index in [9.17, 15) is 4.79 Å². The Morgan fingerprint density at radius 3 is 2.72 bits per heavy atom. The number of carbonyl (C=O) groups is 1. The van der Waals surface area contributed by atoms with Crippen LogP contribution in [0.4, 0.5) is 11.4 Å². The van der Waals surface area contributed by atoms with Gasteiger partial charge in [0.1, 0.15) is 6.10 Å². The van der Waals surface area contributed by atoms with E-state index in [1.165, 1.54) is 0 Å². The lowest BCUT2D eigenvalue weighted by molar-refractivity contribution is -0.129. The van der Waals surface area contributed by atoms with Crippen molar-refractivity contribution in [1.29, 1.82) is 0 Å². The van der Waals surface area contributed by atoms with Crippen LogP contribution in [0.3, 0.4) is 0 Å². The zero-order valence-corrected chi connectivity index (χ0v) is 11.6. The number of amides is 1. The number of nitrogens with one attached hydrogen (secondary N) is 1. The monoisotopic (exact) mass is 270 g/mol. The molecule has 0 bridgehead atoms. The topological polar surface area (TPSA) is 64.3 Å². The van der Waals surface area contributed by atoms with Crippen molar-refractivity contribution in [1.82, 2.24) is 0 Å². The van der Waals surface area contributed by atoms with E-state index in [2.05, 4.69) is 5.32 Å². The Bertz CT molecular complexity index is 423. The number of hydrogen-bond acceptors (Lipinski definition) is 3. The number of rotatable bonds is 5. The summed E-state index contributed by atoms with van der Waals surface area (Å²) in [6.45, 7) is 5.65. The normalized spacial score (nSPS) is 14.0. The molecule has 0 aliphatic heterocycles. The second kappa shape index (κ2) is 6.61. The van der Waals surface area contributed by atoms with E-state index in [0.29, 0.717) is 16.4 Å². The van der Waals surface area contributed by atoms with Crippen molar-refractivity contribution in [3.63, 3.8) is 0 Å². The molecule has 0 spiro atoms. The molecule has 3 N–H and O–H groups in total. The first kappa shape index (κ1) is 14.8. The number of halogens is 1. The van der Waals surface area contributed by atoms with Gasteiger partial charge in [-0.25, -0.2) is 0 Å². The van der Waals surface area contributed by atoms with Gasteiger partial charge in [0.15, 0.2) is 0 Å². The van der Waals surface area contributed by atoms with E-state index in [1.807, 2.05) is 13.8 Å². The molecule has 5 heteroatoms. The zero-order valence-electron chi connectivity index (χ0n) is 10.9. The molecule has 0 aliphatic rings. The SMILES string of the molecule is CCC(C)OC(C)C(=O)Nc1ccc(Cl)cc1N. The van der Waals surface area contributed by atoms with Crippen molar-refractivity contribution >= 4 is 28.9 Å². The van der Waals surface area contributed by atoms with Crippen LogP contribution in [-0.4, -0.2) is 18.1 Å². The summed E-state index contributed by atoms with van der Waals surface area (Å²) in [6.07, 6.45) is 0.393. The van der Waals surface area contributed by atoms with Crippen LogP contribution in [0.2, 0.25) is 5.02 Å². The Morgan fingerprint density at radius 2 is 2.17 bits per heavy atom. The minimum Gasteiger partial charge on any atom is -0.397 e. The van der Waals surface area contributed by atoms with Gasteiger partial charge >= 0.3 is 0 Å². The van der Waals surface area contributed by atoms with E-state index in [0.717, 1.165) is 6.42 Å². The maximum Gasteiger partial charge on any atom is 0.253 e. The Morgan fingerprint density at radius 1 is 1.50 bits per heavy atom. The summed E-state index contributed by atoms with van der Waals surface area (Å²) in [5, 5.41) is 3.26. The smallest absolute Gasteiger partial charge is 0.253 e. The highest BCUT2D eigenvalue weighted by Crippen LogP contribution is 2.22. The highest BCUT2D eigenvalue weighted by Gasteiger charge is 2.16. The summed E-state index contributed by atoms with van der Waals surface area (Å²) in [5.41, 5.74) is 6.74. The van der Waals surface area contributed by atoms with Crippen LogP contribution in [0, 0.1) is 0 Å². The molecule has 0 aromatic heterocycles. The zero-order chi connectivity index (χ0) is 13.7. The fraction of sp³-hybridized carbons (Fsp3) is 0.462. The van der Waals surface area contributed by atoms with Crippen molar-refractivity contribution < 1.29 is 9.53 Å². The van der Waals surface area contributed by atoms with Gasteiger partial charge in [-0.1, -0.05) is 18.5 Å². The van der Waals surface area contributed by atoms with E-state index in [4.69, 9.17) is 22.1 Å². The first-order valence-corrected chi connectivity index (χ1v) is 6.33. The van der Waals surface area contributed by atoms with E-state index in [-0.39, 0.29) is 12.0 Å². The van der Waals surface area contributed by atoms with E-state index >= 15 is 0 Å². The fourth-order valence-corrected chi connectivity index (χ4v) is 1.57. The molecule has 0 saturated heterocycles. The second-order valence-electron chi connectivity index (χ2n) is 4.22. The van der Waals surface area contributed by atoms with Crippen molar-refractivity contribution in [2.75, 3.05) is 11.1 Å². The van der Waals surface area contributed by atoms with Crippen LogP contribution in [0.5, 0.6) is 0 Å². The van der Waals surface area contributed by atoms with Gasteiger partial charge in [-0.05, 0) is 38.5 Å². The van der Waals surface area contributed by atoms with Crippen LogP contribution in [0.1, 0.15) is 27.2 Å². The third kappa shape index (κ3) is 4.20. The molecule has 2 unspecified atom stereocenters. The number of benzene rings is 1. The highest BCUT2D eigenvalue weighted by atomic mass is 35.5. The van der Waals surface area contributed by atoms with Crippen LogP contribution in [-0.2, 0) is 9.53 Å². The number of ether oxygens (including phenoxy) is 1. The Kier molecular flexibility index (Phi) is 5.44. The number of nitrogen functional groups attached to an aromatic ring is 1. The molecule has 1 aromatic carbocycles. The molecule has 4 nitrogen and oxygen atoms in total. The minimum absolute atomic E-state index is 0.0494. The summed E-state index contributed by atoms with van der Waals surface area (Å²) in [6, 6.07) is 4.94. The summed E-state index contributed by atoms with van der Waals surface area (Å²) in [4.78, 5) is 11.9. The molecule has 0 heterocycles. The quantitative estimate of drug-likeness (QED) is 0.808. The molecule has 0 radical (unpaired) electrons. The maximum atomic E-state index is 11.9. The van der Waals surface area contributed by atoms with Gasteiger partial charge in [-0.15, -0.1) is 0 Å². The van der Waals surface area contributed by atoms with Gasteiger partial charge < -0.3 is 15.8 Å². The van der Waals surface area contributed by atoms with Crippen molar-refractivity contribution in [2.24, 2.45) is 0 Å². The summed E-state index contributed by atoms with van der Waals surface area (Å²) in [7, 11) is 0. The number of hydrogen-bond donors (Lipinski definition) is 2. The maximum absolute atomic E-state index is 11.9. The number of anilines is 2. The van der Waals surface area contributed by atoms with Crippen molar-refractivity contribution in [3.05, 3.63) is 23.2 Å². The molecule has 1 aromatic rings. The Labute approximate surface area is 112 Å². The molecular formula is C13H19ClN2O2. The Balaban J connectivity index is 2.64. The van der Waals surface area contributed by atoms with Gasteiger partial charge in [0.2, 0.25) is 0 Å². The second-order valence-corrected chi connectivity index (χ2v) is 4.65. The minimum atomic E-state index is -0.518. The lowest BCUT2D eigenvalue weighted by Gasteiger charge is -2.18. The molecule has 0 fully saturated rings. The fourth-order valence-electron chi connectivity index (χ4n) is 1.39. The number of carbonyl (C=O) groups excluding carboxylic acids is 1. The first-order chi connectivity index (χ1) is 8.43. The van der Waals surface area contributed by atoms with E-state index in [1.54, 1.807) is 25.1 Å². The van der Waals surface area contributed by atoms with Gasteiger partial charge in [0.05, 0.1) is 17.5 Å².